The van der Waals surface area contributed by atoms with Crippen molar-refractivity contribution in [1.82, 2.24) is 26.6 Å². The highest BCUT2D eigenvalue weighted by Gasteiger charge is 2.58. The number of nitrogens with zero attached hydrogens (tertiary/aromatic N) is 1. The molecule has 0 saturated heterocycles. The molecule has 60 heavy (non-hydrogen) atoms. The second kappa shape index (κ2) is 20.1. The van der Waals surface area contributed by atoms with Crippen molar-refractivity contribution in [2.24, 2.45) is 0 Å². The maximum Gasteiger partial charge on any atom is 0.455 e. The van der Waals surface area contributed by atoms with Gasteiger partial charge in [0.05, 0.1) is 18.8 Å². The number of benzene rings is 1. The summed E-state index contributed by atoms with van der Waals surface area (Å²) in [7, 11) is 0. The first-order valence-electron chi connectivity index (χ1n) is 18.3. The van der Waals surface area contributed by atoms with Crippen LogP contribution in [0.2, 0.25) is 0 Å². The van der Waals surface area contributed by atoms with Crippen molar-refractivity contribution < 1.29 is 84.0 Å². The van der Waals surface area contributed by atoms with Gasteiger partial charge in [0.2, 0.25) is 11.5 Å². The van der Waals surface area contributed by atoms with Crippen LogP contribution in [0.1, 0.15) is 68.2 Å². The van der Waals surface area contributed by atoms with Gasteiger partial charge in [-0.25, -0.2) is 18.8 Å². The summed E-state index contributed by atoms with van der Waals surface area (Å²) in [5.74, 6) is -12.4. The van der Waals surface area contributed by atoms with Crippen LogP contribution in [-0.2, 0) is 38.2 Å². The number of alkyl halides is 5. The number of fused-ring (bicyclic) bond motifs is 1. The molecule has 1 aromatic carbocycles. The van der Waals surface area contributed by atoms with Crippen molar-refractivity contribution in [2.45, 2.75) is 115 Å². The van der Waals surface area contributed by atoms with Crippen LogP contribution in [-0.4, -0.2) is 127 Å². The molecule has 2 unspecified atom stereocenters. The van der Waals surface area contributed by atoms with Crippen molar-refractivity contribution in [2.75, 3.05) is 37.7 Å². The average molecular weight is 873 g/mol. The molecule has 0 aromatic heterocycles. The second-order valence-electron chi connectivity index (χ2n) is 15.5. The van der Waals surface area contributed by atoms with E-state index in [0.29, 0.717) is 6.92 Å². The van der Waals surface area contributed by atoms with Crippen molar-refractivity contribution in [3.63, 3.8) is 0 Å². The van der Waals surface area contributed by atoms with Gasteiger partial charge in [0.15, 0.2) is 0 Å². The van der Waals surface area contributed by atoms with Crippen LogP contribution in [0.15, 0.2) is 18.2 Å². The van der Waals surface area contributed by atoms with E-state index in [9.17, 15) is 65.0 Å². The Bertz CT molecular complexity index is 1750. The largest absolute Gasteiger partial charge is 0.486 e. The van der Waals surface area contributed by atoms with Crippen LogP contribution < -0.4 is 36.2 Å². The molecule has 2 rings (SSSR count). The number of ether oxygens (including phenoxy) is 4. The first-order chi connectivity index (χ1) is 27.3. The highest BCUT2D eigenvalue weighted by molar-refractivity contribution is 6.10. The molecular weight excluding hydrogens is 822 g/mol. The minimum atomic E-state index is -6.06. The molecule has 1 aliphatic rings. The number of nitrogens with one attached hydrogen (secondary N) is 5. The molecule has 1 aliphatic heterocycles. The van der Waals surface area contributed by atoms with E-state index in [0.717, 1.165) is 28.4 Å². The Balaban J connectivity index is 2.00. The fourth-order valence-corrected chi connectivity index (χ4v) is 4.90. The van der Waals surface area contributed by atoms with E-state index in [-0.39, 0.29) is 37.4 Å². The van der Waals surface area contributed by atoms with Gasteiger partial charge in [0.25, 0.3) is 17.7 Å². The molecule has 0 saturated carbocycles. The van der Waals surface area contributed by atoms with Gasteiger partial charge in [-0.15, -0.1) is 0 Å². The summed E-state index contributed by atoms with van der Waals surface area (Å²) in [6.07, 6.45) is -9.72. The number of esters is 1. The lowest BCUT2D eigenvalue weighted by Crippen LogP contribution is -2.63. The topological polar surface area (TPSA) is 240 Å². The SMILES string of the molecule is C[C@H]1Oc2ccc(F)cc2N(CCOC(=O)NCCNC(=O)CCC(NC(=O)OC(C)(C)C)C(=O)OC(C)(C)C)C(=O)[C@H]1NC(=O)C(C)(O)C(=O)NCC(F)(F)C(F)(F)F. The summed E-state index contributed by atoms with van der Waals surface area (Å²) in [5, 5.41) is 20.9. The third kappa shape index (κ3) is 15.6. The number of halogens is 6. The van der Waals surface area contributed by atoms with Gasteiger partial charge in [-0.3, -0.25) is 19.2 Å². The summed E-state index contributed by atoms with van der Waals surface area (Å²) in [5.41, 5.74) is -5.25. The number of amides is 6. The average Bonchev–Trinajstić information content (AvgIpc) is 3.18. The summed E-state index contributed by atoms with van der Waals surface area (Å²) in [6.45, 7) is 7.78. The minimum absolute atomic E-state index is 0.105. The lowest BCUT2D eigenvalue weighted by Gasteiger charge is -2.29. The number of hydrogen-bond acceptors (Lipinski definition) is 12. The molecule has 338 valence electrons. The quantitative estimate of drug-likeness (QED) is 0.0462. The molecule has 1 aromatic rings. The maximum atomic E-state index is 14.3. The van der Waals surface area contributed by atoms with E-state index < -0.39 is 114 Å². The zero-order valence-corrected chi connectivity index (χ0v) is 34.1. The molecule has 1 heterocycles. The van der Waals surface area contributed by atoms with Crippen LogP contribution in [0, 0.1) is 5.82 Å². The fraction of sp³-hybridized carbons (Fsp3) is 0.639. The second-order valence-corrected chi connectivity index (χ2v) is 15.5. The minimum Gasteiger partial charge on any atom is -0.486 e. The van der Waals surface area contributed by atoms with Crippen molar-refractivity contribution in [3.8, 4) is 5.75 Å². The van der Waals surface area contributed by atoms with Crippen LogP contribution in [0.25, 0.3) is 0 Å². The number of rotatable bonds is 16. The Labute approximate surface area is 340 Å². The smallest absolute Gasteiger partial charge is 0.455 e. The highest BCUT2D eigenvalue weighted by atomic mass is 19.4. The van der Waals surface area contributed by atoms with Crippen molar-refractivity contribution >= 4 is 47.5 Å². The van der Waals surface area contributed by atoms with Gasteiger partial charge in [0, 0.05) is 25.6 Å². The van der Waals surface area contributed by atoms with Gasteiger partial charge >= 0.3 is 30.3 Å². The molecule has 0 bridgehead atoms. The highest BCUT2D eigenvalue weighted by Crippen LogP contribution is 2.35. The van der Waals surface area contributed by atoms with E-state index >= 15 is 0 Å². The van der Waals surface area contributed by atoms with Crippen molar-refractivity contribution in [1.29, 1.82) is 0 Å². The molecule has 6 N–H and O–H groups in total. The zero-order chi connectivity index (χ0) is 46.0. The molecule has 6 amide bonds. The Kier molecular flexibility index (Phi) is 17.0. The molecule has 24 heteroatoms. The number of alkyl carbamates (subject to hydrolysis) is 2. The predicted molar refractivity (Wildman–Crippen MR) is 196 cm³/mol. The lowest BCUT2D eigenvalue weighted by atomic mass is 10.0. The van der Waals surface area contributed by atoms with E-state index in [1.807, 2.05) is 5.32 Å². The molecule has 0 spiro atoms. The standard InChI is InChI=1S/C36H50F6N6O12/c1-19-25(47-29(53)34(8,56)28(52)45-18-35(38,39)36(40,41)42)26(50)48(22-17-20(37)9-11-23(22)58-19)15-16-57-30(54)44-14-13-43-24(49)12-10-21(27(51)59-32(2,3)4)46-31(55)60-33(5,6)7/h9,11,17,19,21,25,56H,10,12-16,18H2,1-8H3,(H,43,49)(H,44,54)(H,45,52)(H,46,55)(H,47,53)/t19-,21?,25+,34?/m1/s1. The first-order valence-corrected chi connectivity index (χ1v) is 18.3. The fourth-order valence-electron chi connectivity index (χ4n) is 4.90. The molecule has 4 atom stereocenters. The predicted octanol–water partition coefficient (Wildman–Crippen LogP) is 2.35. The van der Waals surface area contributed by atoms with Gasteiger partial charge < -0.3 is 55.5 Å². The number of carbonyl (C=O) groups excluding carboxylic acids is 7. The number of aliphatic hydroxyl groups is 1. The van der Waals surface area contributed by atoms with E-state index in [1.54, 1.807) is 41.5 Å². The molecule has 0 fully saturated rings. The van der Waals surface area contributed by atoms with Gasteiger partial charge in [-0.05, 0) is 73.9 Å². The Hall–Kier alpha value is -5.55. The van der Waals surface area contributed by atoms with Gasteiger partial charge in [-0.2, -0.15) is 22.0 Å². The maximum absolute atomic E-state index is 14.3. The first kappa shape index (κ1) is 50.6. The van der Waals surface area contributed by atoms with Gasteiger partial charge in [0.1, 0.15) is 47.6 Å². The van der Waals surface area contributed by atoms with E-state index in [1.165, 1.54) is 6.92 Å². The monoisotopic (exact) mass is 872 g/mol. The van der Waals surface area contributed by atoms with Crippen LogP contribution in [0.3, 0.4) is 0 Å². The molecule has 0 radical (unpaired) electrons. The molecule has 18 nitrogen and oxygen atoms in total. The van der Waals surface area contributed by atoms with Gasteiger partial charge in [-0.1, -0.05) is 0 Å². The lowest BCUT2D eigenvalue weighted by molar-refractivity contribution is -0.278. The number of anilines is 1. The van der Waals surface area contributed by atoms with E-state index in [2.05, 4.69) is 16.0 Å². The summed E-state index contributed by atoms with van der Waals surface area (Å²) >= 11 is 0. The molecular formula is C36H50F6N6O12. The Morgan fingerprint density at radius 3 is 2.05 bits per heavy atom. The normalized spacial score (nSPS) is 17.3. The third-order valence-electron chi connectivity index (χ3n) is 7.89. The zero-order valence-electron chi connectivity index (χ0n) is 34.1. The van der Waals surface area contributed by atoms with Crippen molar-refractivity contribution in [3.05, 3.63) is 24.0 Å². The summed E-state index contributed by atoms with van der Waals surface area (Å²) < 4.78 is 99.9. The Morgan fingerprint density at radius 1 is 0.867 bits per heavy atom. The summed E-state index contributed by atoms with van der Waals surface area (Å²) in [4.78, 5) is 89.8. The van der Waals surface area contributed by atoms with Crippen LogP contribution >= 0.6 is 0 Å². The summed E-state index contributed by atoms with van der Waals surface area (Å²) in [6, 6.07) is -0.0394. The Morgan fingerprint density at radius 2 is 1.47 bits per heavy atom. The number of hydrogen-bond donors (Lipinski definition) is 6. The number of carbonyl (C=O) groups is 7. The third-order valence-corrected chi connectivity index (χ3v) is 7.89. The molecule has 0 aliphatic carbocycles. The van der Waals surface area contributed by atoms with Crippen LogP contribution in [0.5, 0.6) is 5.75 Å². The van der Waals surface area contributed by atoms with Crippen LogP contribution in [0.4, 0.5) is 41.6 Å². The van der Waals surface area contributed by atoms with E-state index in [4.69, 9.17) is 18.9 Å².